The van der Waals surface area contributed by atoms with E-state index in [1.165, 1.54) is 54.9 Å². The largest absolute Gasteiger partial charge is 1.00 e. The minimum Gasteiger partial charge on any atom is -0.748 e. The number of hydrogen-bond acceptors (Lipinski definition) is 33. The van der Waals surface area contributed by atoms with E-state index in [-0.39, 0.29) is 252 Å². The van der Waals surface area contributed by atoms with Crippen molar-refractivity contribution in [2.24, 2.45) is 9.98 Å². The Labute approximate surface area is 544 Å². The molecule has 0 unspecified atom stereocenters. The van der Waals surface area contributed by atoms with E-state index in [2.05, 4.69) is 89.3 Å². The van der Waals surface area contributed by atoms with Crippen LogP contribution in [0.25, 0.3) is 12.2 Å². The quantitative estimate of drug-likeness (QED) is 0.00599. The third kappa shape index (κ3) is 30.8. The van der Waals surface area contributed by atoms with Gasteiger partial charge in [-0.1, -0.05) is 24.3 Å². The maximum Gasteiger partial charge on any atom is 1.00 e. The molecular weight excluding hydrogens is 1120 g/mol. The molecule has 0 bridgehead atoms. The van der Waals surface area contributed by atoms with Crippen molar-refractivity contribution in [3.05, 3.63) is 47.5 Å². The fourth-order valence-electron chi connectivity index (χ4n) is 4.36. The molecule has 0 fully saturated rings. The van der Waals surface area contributed by atoms with Gasteiger partial charge in [0.15, 0.2) is 0 Å². The number of hydrogen-bond donors (Lipinski definition) is 4. The van der Waals surface area contributed by atoms with Crippen LogP contribution in [0.3, 0.4) is 0 Å². The number of rotatable bonds is 28. The van der Waals surface area contributed by atoms with E-state index in [1.54, 1.807) is 0 Å². The molecule has 0 saturated carbocycles. The molecule has 30 nitrogen and oxygen atoms in total. The average Bonchev–Trinajstić information content (AvgIpc) is 3.21. The van der Waals surface area contributed by atoms with Gasteiger partial charge in [-0.15, -0.1) is 0 Å². The Hall–Kier alpha value is 1.16. The fraction of sp³-hybridized carbons (Fsp3) is 0.214. The molecule has 0 aliphatic heterocycles. The van der Waals surface area contributed by atoms with Crippen molar-refractivity contribution in [3.63, 3.8) is 0 Å². The Morgan fingerprint density at radius 1 is 0.557 bits per heavy atom. The molecule has 2 aromatic carbocycles. The molecule has 0 atom stereocenters. The van der Waals surface area contributed by atoms with Gasteiger partial charge in [-0.05, 0) is 35.4 Å². The summed E-state index contributed by atoms with van der Waals surface area (Å²) in [6, 6.07) is 7.90. The first kappa shape index (κ1) is 75.4. The average molecular weight is 1150 g/mol. The van der Waals surface area contributed by atoms with Crippen LogP contribution in [0.15, 0.2) is 56.2 Å². The van der Waals surface area contributed by atoms with E-state index in [0.29, 0.717) is 36.1 Å². The van der Waals surface area contributed by atoms with E-state index in [1.807, 2.05) is 0 Å². The Kier molecular flexibility index (Phi) is 42.6. The zero-order valence-electron chi connectivity index (χ0n) is 37.4. The van der Waals surface area contributed by atoms with E-state index in [0.717, 1.165) is 6.07 Å². The molecule has 70 heavy (non-hydrogen) atoms. The number of aromatic nitrogens is 6. The molecule has 0 radical (unpaired) electrons. The minimum absolute atomic E-state index is 0. The maximum atomic E-state index is 12.5. The number of nitrogens with zero attached hydrogens (tertiary/aromatic N) is 8. The first-order valence-electron chi connectivity index (χ1n) is 16.6. The molecule has 0 aliphatic carbocycles. The van der Waals surface area contributed by atoms with Gasteiger partial charge in [-0.2, -0.15) is 42.9 Å². The molecule has 0 spiro atoms. The predicted octanol–water partition coefficient (Wildman–Crippen LogP) is -19.1. The second kappa shape index (κ2) is 39.5. The molecule has 348 valence electrons. The van der Waals surface area contributed by atoms with Crippen LogP contribution in [0.2, 0.25) is 0 Å². The van der Waals surface area contributed by atoms with Gasteiger partial charge in [0.05, 0.1) is 60.2 Å². The minimum atomic E-state index is -5.16. The first-order chi connectivity index (χ1) is 30.4. The summed E-state index contributed by atoms with van der Waals surface area (Å²) in [5.41, 5.74) is 0.368. The van der Waals surface area contributed by atoms with Crippen LogP contribution < -0.4 is 214 Å². The molecule has 0 saturated heterocycles. The predicted molar refractivity (Wildman–Crippen MR) is 216 cm³/mol. The molecule has 0 amide bonds. The summed E-state index contributed by atoms with van der Waals surface area (Å²) in [6.45, 7) is -0.838. The summed E-state index contributed by atoms with van der Waals surface area (Å²) >= 11 is 1.61. The normalized spacial score (nSPS) is 11.3. The van der Waals surface area contributed by atoms with Crippen molar-refractivity contribution in [1.29, 1.82) is 0 Å². The van der Waals surface area contributed by atoms with E-state index in [4.69, 9.17) is 0 Å². The third-order valence-corrected chi connectivity index (χ3v) is 10.6. The van der Waals surface area contributed by atoms with Crippen LogP contribution in [0.5, 0.6) is 0 Å². The van der Waals surface area contributed by atoms with Crippen LogP contribution in [-0.2, 0) is 58.5 Å². The number of anilines is 6. The number of nitrogens with one attached hydrogen (secondary N) is 4. The van der Waals surface area contributed by atoms with Gasteiger partial charge < -0.3 is 50.7 Å². The molecule has 4 rings (SSSR count). The fourth-order valence-corrected chi connectivity index (χ4v) is 6.73. The van der Waals surface area contributed by atoms with Crippen LogP contribution in [-0.4, -0.2) is 117 Å². The summed E-state index contributed by atoms with van der Waals surface area (Å²) < 4.78 is 117. The molecule has 4 aromatic rings. The Balaban J connectivity index is -0.00000748. The Bertz CT molecular complexity index is 2550. The number of aliphatic imine (C=N–C) groups is 2. The maximum absolute atomic E-state index is 12.5. The van der Waals surface area contributed by atoms with Crippen molar-refractivity contribution in [2.75, 3.05) is 57.4 Å². The zero-order valence-corrected chi connectivity index (χ0v) is 54.3. The van der Waals surface area contributed by atoms with Crippen molar-refractivity contribution in [1.82, 2.24) is 29.9 Å². The summed E-state index contributed by atoms with van der Waals surface area (Å²) in [5.74, 6) is -3.05. The Morgan fingerprint density at radius 2 is 0.986 bits per heavy atom. The van der Waals surface area contributed by atoms with Gasteiger partial charge in [-0.25, -0.2) is 35.2 Å². The van der Waals surface area contributed by atoms with Gasteiger partial charge in [0.2, 0.25) is 23.8 Å². The molecular formula is C28H26N12Na6O18S6. The van der Waals surface area contributed by atoms with Gasteiger partial charge in [0.1, 0.15) is 10.1 Å². The monoisotopic (exact) mass is 1150 g/mol. The van der Waals surface area contributed by atoms with E-state index >= 15 is 0 Å². The van der Waals surface area contributed by atoms with Crippen LogP contribution in [0.4, 0.5) is 47.1 Å². The van der Waals surface area contributed by atoms with Gasteiger partial charge in [0, 0.05) is 65.9 Å². The Morgan fingerprint density at radius 3 is 1.44 bits per heavy atom. The SMILES string of the molecule is O=S(=O)([O-])CCNc1nc(NCCS(=O)(=O)[O-])nc(Nc2ccc(/C=C/c3ccc(Nc4nc(/N=C/CSOO[O-])nc(/N=C/CSOO[O-])n4)cc3S(=O)(=O)[O-])c(SOO[O-])c2)n1.[Na+].[Na+].[Na+].[Na+].[Na+].[Na+]. The second-order valence-electron chi connectivity index (χ2n) is 11.2. The van der Waals surface area contributed by atoms with Crippen molar-refractivity contribution >= 4 is 138 Å². The smallest absolute Gasteiger partial charge is 0.748 e. The van der Waals surface area contributed by atoms with Gasteiger partial charge in [-0.3, -0.25) is 15.1 Å². The molecule has 4 N–H and O–H groups in total. The van der Waals surface area contributed by atoms with Crippen molar-refractivity contribution in [3.8, 4) is 0 Å². The zero-order chi connectivity index (χ0) is 46.6. The van der Waals surface area contributed by atoms with Crippen molar-refractivity contribution in [2.45, 2.75) is 9.79 Å². The van der Waals surface area contributed by atoms with Crippen molar-refractivity contribution < 1.29 is 260 Å². The van der Waals surface area contributed by atoms with Gasteiger partial charge in [0.25, 0.3) is 11.9 Å². The number of benzene rings is 2. The summed E-state index contributed by atoms with van der Waals surface area (Å²) in [6.07, 6.45) is 5.11. The molecule has 2 aromatic heterocycles. The standard InChI is InChI=1S/C28H32N12O18S6.6Na/c41-53-56-59-11-7-29-23-35-24(30-8-12-60-57-54-42)38-28(37-23)34-20-6-4-18(22(16-20)64(50,51)52)2-1-17-3-5-19(15-21(17)61-58-55-43)33-27-39-25(31-9-13-62(44,45)46)36-26(40-27)32-10-14-63(47,48)49;;;;;;/h1-8,15-16,41-43H,9-14H2,(H,44,45,46)(H,47,48,49)(H,50,51,52)(H,34,35,37,38)(H3,31,32,33,36,39,40);;;;;;/q;6*+1/p-6/b2-1+,29-7+,30-8+;;;;;;. The van der Waals surface area contributed by atoms with E-state index in [9.17, 15) is 54.7 Å². The summed E-state index contributed by atoms with van der Waals surface area (Å²) in [4.78, 5) is 31.8. The van der Waals surface area contributed by atoms with Gasteiger partial charge >= 0.3 is 177 Å². The summed E-state index contributed by atoms with van der Waals surface area (Å²) in [5, 5.41) is 51.2. The molecule has 2 heterocycles. The second-order valence-corrected chi connectivity index (χ2v) is 17.7. The third-order valence-electron chi connectivity index (χ3n) is 6.77. The van der Waals surface area contributed by atoms with Crippen LogP contribution >= 0.6 is 36.1 Å². The molecule has 42 heteroatoms. The van der Waals surface area contributed by atoms with Crippen LogP contribution in [0, 0.1) is 0 Å². The summed E-state index contributed by atoms with van der Waals surface area (Å²) in [7, 11) is -14.4. The first-order valence-corrected chi connectivity index (χ1v) is 23.7. The van der Waals surface area contributed by atoms with Crippen LogP contribution in [0.1, 0.15) is 11.1 Å². The topological polar surface area (TPSA) is 446 Å². The van der Waals surface area contributed by atoms with E-state index < -0.39 is 59.8 Å². The molecule has 0 aliphatic rings.